The molecule has 0 spiro atoms. The van der Waals surface area contributed by atoms with Crippen LogP contribution in [0.2, 0.25) is 0 Å². The lowest BCUT2D eigenvalue weighted by molar-refractivity contribution is 0.143. The van der Waals surface area contributed by atoms with E-state index in [-0.39, 0.29) is 6.04 Å². The van der Waals surface area contributed by atoms with E-state index in [1.54, 1.807) is 0 Å². The molecule has 1 fully saturated rings. The van der Waals surface area contributed by atoms with Gasteiger partial charge in [-0.3, -0.25) is 0 Å². The van der Waals surface area contributed by atoms with E-state index < -0.39 is 6.09 Å². The summed E-state index contributed by atoms with van der Waals surface area (Å²) in [5.74, 6) is 0.353. The largest absolute Gasteiger partial charge is 0.465 e. The van der Waals surface area contributed by atoms with E-state index in [1.165, 1.54) is 16.0 Å². The van der Waals surface area contributed by atoms with Crippen molar-refractivity contribution in [2.75, 3.05) is 6.54 Å². The van der Waals surface area contributed by atoms with Crippen molar-refractivity contribution in [3.63, 3.8) is 0 Å². The standard InChI is InChI=1S/C13H17NO2/c1-9-3-5-11(6-4-9)12-7-10(2)14(8-12)13(15)16/h3-6,10,12H,7-8H2,1-2H3,(H,15,16)/t10-,12+/m1/s1. The molecule has 0 aromatic heterocycles. The summed E-state index contributed by atoms with van der Waals surface area (Å²) < 4.78 is 0. The predicted octanol–water partition coefficient (Wildman–Crippen LogP) is 2.85. The van der Waals surface area contributed by atoms with Gasteiger partial charge in [-0.15, -0.1) is 0 Å². The van der Waals surface area contributed by atoms with Crippen molar-refractivity contribution in [2.24, 2.45) is 0 Å². The van der Waals surface area contributed by atoms with Crippen molar-refractivity contribution >= 4 is 6.09 Å². The van der Waals surface area contributed by atoms with E-state index in [4.69, 9.17) is 5.11 Å². The molecule has 1 aliphatic rings. The first-order valence-corrected chi connectivity index (χ1v) is 5.64. The first-order valence-electron chi connectivity index (χ1n) is 5.64. The van der Waals surface area contributed by atoms with E-state index in [1.807, 2.05) is 6.92 Å². The molecule has 2 atom stereocenters. The summed E-state index contributed by atoms with van der Waals surface area (Å²) in [4.78, 5) is 12.5. The van der Waals surface area contributed by atoms with Gasteiger partial charge in [0.2, 0.25) is 0 Å². The van der Waals surface area contributed by atoms with E-state index in [0.717, 1.165) is 6.42 Å². The van der Waals surface area contributed by atoms with E-state index >= 15 is 0 Å². The minimum Gasteiger partial charge on any atom is -0.465 e. The number of rotatable bonds is 1. The molecule has 0 radical (unpaired) electrons. The third kappa shape index (κ3) is 2.03. The molecule has 1 aromatic rings. The highest BCUT2D eigenvalue weighted by Crippen LogP contribution is 2.31. The summed E-state index contributed by atoms with van der Waals surface area (Å²) in [5, 5.41) is 9.02. The Hall–Kier alpha value is -1.51. The molecule has 16 heavy (non-hydrogen) atoms. The summed E-state index contributed by atoms with van der Waals surface area (Å²) in [7, 11) is 0. The summed E-state index contributed by atoms with van der Waals surface area (Å²) in [6.45, 7) is 4.66. The molecule has 1 aliphatic heterocycles. The summed E-state index contributed by atoms with van der Waals surface area (Å²) in [6, 6.07) is 8.52. The monoisotopic (exact) mass is 219 g/mol. The third-order valence-corrected chi connectivity index (χ3v) is 3.37. The van der Waals surface area contributed by atoms with Gasteiger partial charge in [0, 0.05) is 18.5 Å². The second kappa shape index (κ2) is 4.16. The Kier molecular flexibility index (Phi) is 2.86. The highest BCUT2D eigenvalue weighted by atomic mass is 16.4. The molecule has 1 N–H and O–H groups in total. The molecule has 1 heterocycles. The van der Waals surface area contributed by atoms with Crippen molar-refractivity contribution in [1.29, 1.82) is 0 Å². The number of likely N-dealkylation sites (tertiary alicyclic amines) is 1. The minimum atomic E-state index is -0.804. The fraction of sp³-hybridized carbons (Fsp3) is 0.462. The zero-order chi connectivity index (χ0) is 11.7. The van der Waals surface area contributed by atoms with Crippen LogP contribution in [0, 0.1) is 6.92 Å². The second-order valence-electron chi connectivity index (χ2n) is 4.63. The number of nitrogens with zero attached hydrogens (tertiary/aromatic N) is 1. The van der Waals surface area contributed by atoms with Gasteiger partial charge < -0.3 is 10.0 Å². The summed E-state index contributed by atoms with van der Waals surface area (Å²) in [5.41, 5.74) is 2.49. The molecular formula is C13H17NO2. The molecule has 0 saturated carbocycles. The van der Waals surface area contributed by atoms with Gasteiger partial charge in [0.15, 0.2) is 0 Å². The molecule has 0 bridgehead atoms. The van der Waals surface area contributed by atoms with Crippen LogP contribution in [0.15, 0.2) is 24.3 Å². The summed E-state index contributed by atoms with van der Waals surface area (Å²) >= 11 is 0. The zero-order valence-corrected chi connectivity index (χ0v) is 9.68. The normalized spacial score (nSPS) is 24.8. The van der Waals surface area contributed by atoms with Gasteiger partial charge in [-0.1, -0.05) is 29.8 Å². The first kappa shape index (κ1) is 11.0. The average Bonchev–Trinajstić information content (AvgIpc) is 2.61. The smallest absolute Gasteiger partial charge is 0.407 e. The number of aryl methyl sites for hydroxylation is 1. The van der Waals surface area contributed by atoms with Crippen LogP contribution < -0.4 is 0 Å². The number of benzene rings is 1. The maximum atomic E-state index is 11.0. The topological polar surface area (TPSA) is 40.5 Å². The zero-order valence-electron chi connectivity index (χ0n) is 9.68. The lowest BCUT2D eigenvalue weighted by Crippen LogP contribution is -2.32. The Morgan fingerprint density at radius 3 is 2.50 bits per heavy atom. The molecule has 2 rings (SSSR count). The molecule has 1 saturated heterocycles. The molecule has 1 amide bonds. The van der Waals surface area contributed by atoms with Crippen LogP contribution in [0.25, 0.3) is 0 Å². The Morgan fingerprint density at radius 2 is 2.00 bits per heavy atom. The average molecular weight is 219 g/mol. The van der Waals surface area contributed by atoms with Crippen LogP contribution in [0.3, 0.4) is 0 Å². The molecule has 3 nitrogen and oxygen atoms in total. The van der Waals surface area contributed by atoms with Crippen molar-refractivity contribution in [3.05, 3.63) is 35.4 Å². The number of hydrogen-bond donors (Lipinski definition) is 1. The number of amides is 1. The number of carboxylic acid groups (broad SMARTS) is 1. The minimum absolute atomic E-state index is 0.129. The second-order valence-corrected chi connectivity index (χ2v) is 4.63. The van der Waals surface area contributed by atoms with Gasteiger partial charge in [0.05, 0.1) is 0 Å². The summed E-state index contributed by atoms with van der Waals surface area (Å²) in [6.07, 6.45) is 0.122. The van der Waals surface area contributed by atoms with Gasteiger partial charge in [-0.2, -0.15) is 0 Å². The van der Waals surface area contributed by atoms with Crippen molar-refractivity contribution < 1.29 is 9.90 Å². The van der Waals surface area contributed by atoms with Gasteiger partial charge >= 0.3 is 6.09 Å². The fourth-order valence-corrected chi connectivity index (χ4v) is 2.38. The lowest BCUT2D eigenvalue weighted by Gasteiger charge is -2.16. The van der Waals surface area contributed by atoms with Crippen LogP contribution in [-0.4, -0.2) is 28.7 Å². The Balaban J connectivity index is 2.13. The van der Waals surface area contributed by atoms with Crippen LogP contribution in [-0.2, 0) is 0 Å². The highest BCUT2D eigenvalue weighted by molar-refractivity contribution is 5.66. The van der Waals surface area contributed by atoms with Crippen LogP contribution in [0.4, 0.5) is 4.79 Å². The van der Waals surface area contributed by atoms with Crippen LogP contribution in [0.1, 0.15) is 30.4 Å². The van der Waals surface area contributed by atoms with Crippen molar-refractivity contribution in [1.82, 2.24) is 4.90 Å². The van der Waals surface area contributed by atoms with Crippen LogP contribution >= 0.6 is 0 Å². The highest BCUT2D eigenvalue weighted by Gasteiger charge is 2.32. The van der Waals surface area contributed by atoms with Crippen molar-refractivity contribution in [2.45, 2.75) is 32.2 Å². The van der Waals surface area contributed by atoms with Gasteiger partial charge in [-0.25, -0.2) is 4.79 Å². The Morgan fingerprint density at radius 1 is 1.38 bits per heavy atom. The third-order valence-electron chi connectivity index (χ3n) is 3.37. The lowest BCUT2D eigenvalue weighted by atomic mass is 9.96. The maximum Gasteiger partial charge on any atom is 0.407 e. The molecule has 1 aromatic carbocycles. The molecule has 0 unspecified atom stereocenters. The Labute approximate surface area is 95.7 Å². The molecule has 0 aliphatic carbocycles. The van der Waals surface area contributed by atoms with Crippen molar-refractivity contribution in [3.8, 4) is 0 Å². The SMILES string of the molecule is Cc1ccc([C@H]2C[C@@H](C)N(C(=O)O)C2)cc1. The van der Waals surface area contributed by atoms with Gasteiger partial charge in [0.1, 0.15) is 0 Å². The number of hydrogen-bond acceptors (Lipinski definition) is 1. The molecule has 3 heteroatoms. The van der Waals surface area contributed by atoms with E-state index in [9.17, 15) is 4.79 Å². The maximum absolute atomic E-state index is 11.0. The van der Waals surface area contributed by atoms with E-state index in [0.29, 0.717) is 12.5 Å². The molecular weight excluding hydrogens is 202 g/mol. The van der Waals surface area contributed by atoms with Gasteiger partial charge in [0.25, 0.3) is 0 Å². The van der Waals surface area contributed by atoms with Crippen LogP contribution in [0.5, 0.6) is 0 Å². The van der Waals surface area contributed by atoms with Gasteiger partial charge in [-0.05, 0) is 25.8 Å². The first-order chi connectivity index (χ1) is 7.58. The molecule has 86 valence electrons. The van der Waals surface area contributed by atoms with E-state index in [2.05, 4.69) is 31.2 Å². The predicted molar refractivity (Wildman–Crippen MR) is 62.7 cm³/mol. The number of carbonyl (C=O) groups is 1. The fourth-order valence-electron chi connectivity index (χ4n) is 2.38. The Bertz CT molecular complexity index is 385. The quantitative estimate of drug-likeness (QED) is 0.789.